The molecule has 1 aromatic rings. The standard InChI is InChI=1S/C15H24N2O2.ClH/c1-4-16-14-10-5-7-12(17-9(2)3)15(19)11(10)6-8-13(14)18;/h6,8-9,12,15-19H,4-5,7H2,1-3H3;1H/t12-,15-;/m1./s1. The molecule has 4 nitrogen and oxygen atoms in total. The monoisotopic (exact) mass is 300 g/mol. The first-order chi connectivity index (χ1) is 9.04. The van der Waals surface area contributed by atoms with Crippen LogP contribution in [-0.2, 0) is 6.42 Å². The molecule has 0 aromatic heterocycles. The van der Waals surface area contributed by atoms with Crippen LogP contribution in [-0.4, -0.2) is 28.8 Å². The fourth-order valence-corrected chi connectivity index (χ4v) is 2.85. The van der Waals surface area contributed by atoms with Crippen molar-refractivity contribution < 1.29 is 10.2 Å². The van der Waals surface area contributed by atoms with Crippen LogP contribution in [0, 0.1) is 0 Å². The Morgan fingerprint density at radius 1 is 1.35 bits per heavy atom. The number of hydrogen-bond acceptors (Lipinski definition) is 4. The third-order valence-corrected chi connectivity index (χ3v) is 3.63. The average Bonchev–Trinajstić information content (AvgIpc) is 2.36. The van der Waals surface area contributed by atoms with E-state index in [0.717, 1.165) is 36.2 Å². The predicted octanol–water partition coefficient (Wildman–Crippen LogP) is 2.59. The molecule has 0 amide bonds. The van der Waals surface area contributed by atoms with Gasteiger partial charge in [-0.05, 0) is 37.0 Å². The normalized spacial score (nSPS) is 21.2. The number of anilines is 1. The molecule has 1 aromatic carbocycles. The Hall–Kier alpha value is -0.970. The lowest BCUT2D eigenvalue weighted by molar-refractivity contribution is 0.110. The third kappa shape index (κ3) is 3.37. The molecule has 5 heteroatoms. The zero-order chi connectivity index (χ0) is 14.0. The zero-order valence-corrected chi connectivity index (χ0v) is 13.1. The Kier molecular flexibility index (Phi) is 6.11. The summed E-state index contributed by atoms with van der Waals surface area (Å²) in [6.07, 6.45) is 1.24. The molecule has 1 aliphatic rings. The maximum absolute atomic E-state index is 10.5. The summed E-state index contributed by atoms with van der Waals surface area (Å²) >= 11 is 0. The molecule has 4 N–H and O–H groups in total. The van der Waals surface area contributed by atoms with E-state index in [2.05, 4.69) is 24.5 Å². The summed E-state index contributed by atoms with van der Waals surface area (Å²) in [4.78, 5) is 0. The summed E-state index contributed by atoms with van der Waals surface area (Å²) in [6.45, 7) is 6.93. The van der Waals surface area contributed by atoms with Gasteiger partial charge in [-0.3, -0.25) is 0 Å². The van der Waals surface area contributed by atoms with E-state index in [-0.39, 0.29) is 24.2 Å². The molecule has 0 bridgehead atoms. The van der Waals surface area contributed by atoms with Gasteiger partial charge in [0, 0.05) is 18.6 Å². The minimum Gasteiger partial charge on any atom is -0.506 e. The number of nitrogens with one attached hydrogen (secondary N) is 2. The number of benzene rings is 1. The molecule has 0 fully saturated rings. The Morgan fingerprint density at radius 2 is 2.05 bits per heavy atom. The zero-order valence-electron chi connectivity index (χ0n) is 12.3. The lowest BCUT2D eigenvalue weighted by Crippen LogP contribution is -2.42. The van der Waals surface area contributed by atoms with E-state index >= 15 is 0 Å². The molecule has 114 valence electrons. The van der Waals surface area contributed by atoms with E-state index in [1.165, 1.54) is 0 Å². The van der Waals surface area contributed by atoms with Crippen LogP contribution in [0.3, 0.4) is 0 Å². The molecule has 2 atom stereocenters. The maximum atomic E-state index is 10.5. The van der Waals surface area contributed by atoms with E-state index < -0.39 is 6.10 Å². The Balaban J connectivity index is 0.00000200. The number of rotatable bonds is 4. The minimum atomic E-state index is -0.510. The SMILES string of the molecule is CCNc1c(O)ccc2c1CC[C@@H](NC(C)C)[C@@H]2O.Cl. The molecule has 0 aliphatic heterocycles. The summed E-state index contributed by atoms with van der Waals surface area (Å²) in [5.41, 5.74) is 2.76. The molecule has 1 aliphatic carbocycles. The van der Waals surface area contributed by atoms with Crippen molar-refractivity contribution in [2.75, 3.05) is 11.9 Å². The molecule has 0 saturated carbocycles. The Bertz CT molecular complexity index is 452. The summed E-state index contributed by atoms with van der Waals surface area (Å²) < 4.78 is 0. The van der Waals surface area contributed by atoms with Crippen molar-refractivity contribution >= 4 is 18.1 Å². The van der Waals surface area contributed by atoms with E-state index in [4.69, 9.17) is 0 Å². The number of hydrogen-bond donors (Lipinski definition) is 4. The van der Waals surface area contributed by atoms with E-state index in [0.29, 0.717) is 6.04 Å². The molecular formula is C15H25ClN2O2. The molecular weight excluding hydrogens is 276 g/mol. The molecule has 0 saturated heterocycles. The highest BCUT2D eigenvalue weighted by molar-refractivity contribution is 5.85. The first-order valence-electron chi connectivity index (χ1n) is 7.07. The van der Waals surface area contributed by atoms with Gasteiger partial charge in [0.2, 0.25) is 0 Å². The van der Waals surface area contributed by atoms with Crippen molar-refractivity contribution in [2.45, 2.75) is 51.8 Å². The highest BCUT2D eigenvalue weighted by atomic mass is 35.5. The van der Waals surface area contributed by atoms with Gasteiger partial charge in [0.1, 0.15) is 5.75 Å². The van der Waals surface area contributed by atoms with Gasteiger partial charge in [0.05, 0.1) is 11.8 Å². The second kappa shape index (κ2) is 7.16. The van der Waals surface area contributed by atoms with Gasteiger partial charge in [0.25, 0.3) is 0 Å². The van der Waals surface area contributed by atoms with Crippen LogP contribution in [0.1, 0.15) is 44.4 Å². The van der Waals surface area contributed by atoms with E-state index in [1.54, 1.807) is 6.07 Å². The van der Waals surface area contributed by atoms with Gasteiger partial charge in [0.15, 0.2) is 0 Å². The number of halogens is 1. The number of phenolic OH excluding ortho intramolecular Hbond substituents is 1. The molecule has 2 rings (SSSR count). The van der Waals surface area contributed by atoms with Crippen molar-refractivity contribution in [3.63, 3.8) is 0 Å². The van der Waals surface area contributed by atoms with Crippen molar-refractivity contribution in [3.8, 4) is 5.75 Å². The minimum absolute atomic E-state index is 0. The van der Waals surface area contributed by atoms with Crippen LogP contribution >= 0.6 is 12.4 Å². The number of phenols is 1. The van der Waals surface area contributed by atoms with Gasteiger partial charge in [-0.15, -0.1) is 12.4 Å². The fourth-order valence-electron chi connectivity index (χ4n) is 2.85. The summed E-state index contributed by atoms with van der Waals surface area (Å²) in [7, 11) is 0. The molecule has 0 heterocycles. The van der Waals surface area contributed by atoms with Crippen LogP contribution in [0.25, 0.3) is 0 Å². The summed E-state index contributed by atoms with van der Waals surface area (Å²) in [5.74, 6) is 0.267. The maximum Gasteiger partial charge on any atom is 0.138 e. The van der Waals surface area contributed by atoms with Crippen LogP contribution in [0.2, 0.25) is 0 Å². The van der Waals surface area contributed by atoms with Crippen molar-refractivity contribution in [3.05, 3.63) is 23.3 Å². The Morgan fingerprint density at radius 3 is 2.65 bits per heavy atom. The Labute approximate surface area is 127 Å². The van der Waals surface area contributed by atoms with Crippen LogP contribution in [0.15, 0.2) is 12.1 Å². The van der Waals surface area contributed by atoms with E-state index in [9.17, 15) is 10.2 Å². The molecule has 0 radical (unpaired) electrons. The molecule has 0 spiro atoms. The third-order valence-electron chi connectivity index (χ3n) is 3.63. The largest absolute Gasteiger partial charge is 0.506 e. The quantitative estimate of drug-likeness (QED) is 0.646. The first kappa shape index (κ1) is 17.1. The molecule has 0 unspecified atom stereocenters. The smallest absolute Gasteiger partial charge is 0.138 e. The van der Waals surface area contributed by atoms with Crippen molar-refractivity contribution in [1.29, 1.82) is 0 Å². The van der Waals surface area contributed by atoms with Gasteiger partial charge in [-0.1, -0.05) is 19.9 Å². The van der Waals surface area contributed by atoms with Crippen LogP contribution in [0.4, 0.5) is 5.69 Å². The van der Waals surface area contributed by atoms with Crippen molar-refractivity contribution in [2.24, 2.45) is 0 Å². The van der Waals surface area contributed by atoms with Crippen molar-refractivity contribution in [1.82, 2.24) is 5.32 Å². The highest BCUT2D eigenvalue weighted by Crippen LogP contribution is 2.39. The van der Waals surface area contributed by atoms with Gasteiger partial charge in [-0.2, -0.15) is 0 Å². The number of fused-ring (bicyclic) bond motifs is 1. The summed E-state index contributed by atoms with van der Waals surface area (Å²) in [5, 5.41) is 27.0. The number of aliphatic hydroxyl groups excluding tert-OH is 1. The average molecular weight is 301 g/mol. The van der Waals surface area contributed by atoms with E-state index in [1.807, 2.05) is 13.0 Å². The highest BCUT2D eigenvalue weighted by Gasteiger charge is 2.30. The fraction of sp³-hybridized carbons (Fsp3) is 0.600. The van der Waals surface area contributed by atoms with Crippen LogP contribution in [0.5, 0.6) is 5.75 Å². The second-order valence-electron chi connectivity index (χ2n) is 5.47. The van der Waals surface area contributed by atoms with Gasteiger partial charge < -0.3 is 20.8 Å². The van der Waals surface area contributed by atoms with Gasteiger partial charge in [-0.25, -0.2) is 0 Å². The summed E-state index contributed by atoms with van der Waals surface area (Å²) in [6, 6.07) is 3.94. The first-order valence-corrected chi connectivity index (χ1v) is 7.07. The molecule has 20 heavy (non-hydrogen) atoms. The lowest BCUT2D eigenvalue weighted by atomic mass is 9.84. The topological polar surface area (TPSA) is 64.5 Å². The van der Waals surface area contributed by atoms with Gasteiger partial charge >= 0.3 is 0 Å². The van der Waals surface area contributed by atoms with Crippen LogP contribution < -0.4 is 10.6 Å². The number of aromatic hydroxyl groups is 1. The lowest BCUT2D eigenvalue weighted by Gasteiger charge is -2.33. The predicted molar refractivity (Wildman–Crippen MR) is 84.9 cm³/mol. The number of aliphatic hydroxyl groups is 1. The second-order valence-corrected chi connectivity index (χ2v) is 5.47.